The summed E-state index contributed by atoms with van der Waals surface area (Å²) in [6.07, 6.45) is 1.99. The number of esters is 1. The molecule has 3 rings (SSSR count). The highest BCUT2D eigenvalue weighted by molar-refractivity contribution is 6.04. The number of carbonyl (C=O) groups is 2. The van der Waals surface area contributed by atoms with Crippen molar-refractivity contribution in [1.82, 2.24) is 5.32 Å². The van der Waals surface area contributed by atoms with E-state index >= 15 is 0 Å². The monoisotopic (exact) mass is 383 g/mol. The van der Waals surface area contributed by atoms with Crippen molar-refractivity contribution >= 4 is 11.8 Å². The molecule has 0 fully saturated rings. The Morgan fingerprint density at radius 1 is 1.21 bits per heavy atom. The second-order valence-corrected chi connectivity index (χ2v) is 8.34. The van der Waals surface area contributed by atoms with Crippen molar-refractivity contribution in [2.75, 3.05) is 13.7 Å². The number of hydrogen-bond donors (Lipinski definition) is 1. The topological polar surface area (TPSA) is 64.6 Å². The Morgan fingerprint density at radius 2 is 1.89 bits per heavy atom. The van der Waals surface area contributed by atoms with Crippen LogP contribution in [-0.2, 0) is 14.3 Å². The molecule has 1 aliphatic carbocycles. The van der Waals surface area contributed by atoms with E-state index < -0.39 is 5.92 Å². The van der Waals surface area contributed by atoms with Gasteiger partial charge in [0.15, 0.2) is 5.78 Å². The van der Waals surface area contributed by atoms with Crippen LogP contribution in [0.1, 0.15) is 58.4 Å². The molecule has 1 N–H and O–H groups in total. The molecule has 0 spiro atoms. The fourth-order valence-electron chi connectivity index (χ4n) is 4.11. The first-order valence-electron chi connectivity index (χ1n) is 9.82. The van der Waals surface area contributed by atoms with Gasteiger partial charge in [-0.05, 0) is 42.9 Å². The van der Waals surface area contributed by atoms with Crippen LogP contribution in [0.25, 0.3) is 0 Å². The summed E-state index contributed by atoms with van der Waals surface area (Å²) in [5.74, 6) is 0.0404. The molecule has 0 saturated carbocycles. The standard InChI is InChI=1S/C23H29NO4/c1-6-11-28-22(26)19-14(2)24-17-12-23(3,4)13-18(25)21(17)20(19)15-7-9-16(27-5)10-8-15/h7-10,20,24H,6,11-13H2,1-5H3/t20-/m1/s1. The normalized spacial score (nSPS) is 21.2. The Bertz CT molecular complexity index is 846. The van der Waals surface area contributed by atoms with Gasteiger partial charge in [0.1, 0.15) is 5.75 Å². The zero-order valence-electron chi connectivity index (χ0n) is 17.3. The Labute approximate surface area is 166 Å². The molecule has 1 atom stereocenters. The van der Waals surface area contributed by atoms with Gasteiger partial charge < -0.3 is 14.8 Å². The van der Waals surface area contributed by atoms with Gasteiger partial charge in [-0.2, -0.15) is 0 Å². The van der Waals surface area contributed by atoms with Crippen molar-refractivity contribution in [3.63, 3.8) is 0 Å². The summed E-state index contributed by atoms with van der Waals surface area (Å²) in [5, 5.41) is 3.35. The van der Waals surface area contributed by atoms with Crippen LogP contribution in [0.5, 0.6) is 5.75 Å². The SMILES string of the molecule is CCCOC(=O)C1=C(C)NC2=C(C(=O)CC(C)(C)C2)[C@@H]1c1ccc(OC)cc1. The fraction of sp³-hybridized carbons (Fsp3) is 0.478. The molecule has 0 amide bonds. The van der Waals surface area contributed by atoms with E-state index in [1.165, 1.54) is 0 Å². The zero-order chi connectivity index (χ0) is 20.5. The number of carbonyl (C=O) groups excluding carboxylic acids is 2. The third-order valence-corrected chi connectivity index (χ3v) is 5.35. The Morgan fingerprint density at radius 3 is 2.50 bits per heavy atom. The first kappa shape index (κ1) is 20.2. The molecule has 0 unspecified atom stereocenters. The summed E-state index contributed by atoms with van der Waals surface area (Å²) >= 11 is 0. The van der Waals surface area contributed by atoms with Crippen LogP contribution in [0, 0.1) is 5.41 Å². The third-order valence-electron chi connectivity index (χ3n) is 5.35. The smallest absolute Gasteiger partial charge is 0.336 e. The van der Waals surface area contributed by atoms with Crippen LogP contribution < -0.4 is 10.1 Å². The molecular weight excluding hydrogens is 354 g/mol. The van der Waals surface area contributed by atoms with Gasteiger partial charge in [-0.1, -0.05) is 32.9 Å². The first-order chi connectivity index (χ1) is 13.3. The number of benzene rings is 1. The predicted molar refractivity (Wildman–Crippen MR) is 108 cm³/mol. The van der Waals surface area contributed by atoms with Crippen molar-refractivity contribution < 1.29 is 19.1 Å². The summed E-state index contributed by atoms with van der Waals surface area (Å²) in [6, 6.07) is 7.57. The number of rotatable bonds is 5. The third kappa shape index (κ3) is 3.84. The highest BCUT2D eigenvalue weighted by atomic mass is 16.5. The largest absolute Gasteiger partial charge is 0.497 e. The minimum Gasteiger partial charge on any atom is -0.497 e. The minimum absolute atomic E-state index is 0.0906. The van der Waals surface area contributed by atoms with Gasteiger partial charge in [-0.3, -0.25) is 4.79 Å². The number of allylic oxidation sites excluding steroid dienone is 3. The molecule has 150 valence electrons. The fourth-order valence-corrected chi connectivity index (χ4v) is 4.11. The van der Waals surface area contributed by atoms with E-state index in [4.69, 9.17) is 9.47 Å². The van der Waals surface area contributed by atoms with Gasteiger partial charge in [-0.15, -0.1) is 0 Å². The van der Waals surface area contributed by atoms with Gasteiger partial charge in [0.05, 0.1) is 19.3 Å². The average Bonchev–Trinajstić information content (AvgIpc) is 2.64. The number of ether oxygens (including phenoxy) is 2. The highest BCUT2D eigenvalue weighted by Crippen LogP contribution is 2.46. The molecule has 5 nitrogen and oxygen atoms in total. The van der Waals surface area contributed by atoms with E-state index in [-0.39, 0.29) is 17.2 Å². The van der Waals surface area contributed by atoms with Crippen LogP contribution in [0.2, 0.25) is 0 Å². The lowest BCUT2D eigenvalue weighted by Crippen LogP contribution is -2.38. The van der Waals surface area contributed by atoms with Crippen molar-refractivity contribution in [2.45, 2.75) is 52.9 Å². The number of nitrogens with one attached hydrogen (secondary N) is 1. The van der Waals surface area contributed by atoms with E-state index in [0.29, 0.717) is 24.2 Å². The molecule has 1 aromatic carbocycles. The summed E-state index contributed by atoms with van der Waals surface area (Å²) < 4.78 is 10.7. The summed E-state index contributed by atoms with van der Waals surface area (Å²) in [7, 11) is 1.62. The van der Waals surface area contributed by atoms with Crippen molar-refractivity contribution in [2.24, 2.45) is 5.41 Å². The molecule has 5 heteroatoms. The molecule has 0 aromatic heterocycles. The van der Waals surface area contributed by atoms with Crippen LogP contribution in [0.4, 0.5) is 0 Å². The van der Waals surface area contributed by atoms with Gasteiger partial charge in [-0.25, -0.2) is 4.79 Å². The molecule has 0 saturated heterocycles. The molecule has 0 radical (unpaired) electrons. The Kier molecular flexibility index (Phi) is 5.64. The first-order valence-corrected chi connectivity index (χ1v) is 9.82. The zero-order valence-corrected chi connectivity index (χ0v) is 17.3. The predicted octanol–water partition coefficient (Wildman–Crippen LogP) is 4.25. The van der Waals surface area contributed by atoms with E-state index in [9.17, 15) is 9.59 Å². The second kappa shape index (κ2) is 7.82. The van der Waals surface area contributed by atoms with E-state index in [1.54, 1.807) is 7.11 Å². The lowest BCUT2D eigenvalue weighted by Gasteiger charge is -2.39. The van der Waals surface area contributed by atoms with Crippen molar-refractivity contribution in [1.29, 1.82) is 0 Å². The maximum atomic E-state index is 13.1. The number of dihydropyridines is 1. The van der Waals surface area contributed by atoms with E-state index in [0.717, 1.165) is 35.5 Å². The number of hydrogen-bond acceptors (Lipinski definition) is 5. The molecule has 1 heterocycles. The van der Waals surface area contributed by atoms with Crippen LogP contribution >= 0.6 is 0 Å². The maximum absolute atomic E-state index is 13.1. The van der Waals surface area contributed by atoms with Gasteiger partial charge in [0, 0.05) is 29.3 Å². The molecule has 28 heavy (non-hydrogen) atoms. The van der Waals surface area contributed by atoms with Crippen LogP contribution in [-0.4, -0.2) is 25.5 Å². The van der Waals surface area contributed by atoms with Crippen LogP contribution in [0.3, 0.4) is 0 Å². The maximum Gasteiger partial charge on any atom is 0.336 e. The highest BCUT2D eigenvalue weighted by Gasteiger charge is 2.43. The van der Waals surface area contributed by atoms with E-state index in [2.05, 4.69) is 19.2 Å². The summed E-state index contributed by atoms with van der Waals surface area (Å²) in [6.45, 7) is 8.40. The average molecular weight is 383 g/mol. The second-order valence-electron chi connectivity index (χ2n) is 8.34. The molecule has 2 aliphatic rings. The summed E-state index contributed by atoms with van der Waals surface area (Å²) in [5.41, 5.74) is 3.68. The van der Waals surface area contributed by atoms with Crippen molar-refractivity contribution in [3.05, 3.63) is 52.4 Å². The lowest BCUT2D eigenvalue weighted by molar-refractivity contribution is -0.139. The number of ketones is 1. The van der Waals surface area contributed by atoms with Crippen molar-refractivity contribution in [3.8, 4) is 5.75 Å². The Hall–Kier alpha value is -2.56. The summed E-state index contributed by atoms with van der Waals surface area (Å²) in [4.78, 5) is 26.0. The van der Waals surface area contributed by atoms with Gasteiger partial charge >= 0.3 is 5.97 Å². The number of methoxy groups -OCH3 is 1. The van der Waals surface area contributed by atoms with Gasteiger partial charge in [0.25, 0.3) is 0 Å². The molecule has 0 bridgehead atoms. The molecular formula is C23H29NO4. The van der Waals surface area contributed by atoms with Gasteiger partial charge in [0.2, 0.25) is 0 Å². The minimum atomic E-state index is -0.421. The van der Waals surface area contributed by atoms with E-state index in [1.807, 2.05) is 38.1 Å². The molecule has 1 aromatic rings. The van der Waals surface area contributed by atoms with Crippen LogP contribution in [0.15, 0.2) is 46.8 Å². The Balaban J connectivity index is 2.11. The quantitative estimate of drug-likeness (QED) is 0.770. The number of Topliss-reactive ketones (excluding diaryl/α,β-unsaturated/α-hetero) is 1. The molecule has 1 aliphatic heterocycles. The lowest BCUT2D eigenvalue weighted by atomic mass is 9.68.